The lowest BCUT2D eigenvalue weighted by molar-refractivity contribution is 0.0822. The molecule has 3 aromatic heterocycles. The van der Waals surface area contributed by atoms with Crippen LogP contribution in [0.2, 0.25) is 0 Å². The Labute approximate surface area is 160 Å². The molecule has 4 rings (SSSR count). The third kappa shape index (κ3) is 2.94. The van der Waals surface area contributed by atoms with Gasteiger partial charge in [-0.15, -0.1) is 0 Å². The first-order chi connectivity index (χ1) is 13.5. The van der Waals surface area contributed by atoms with Gasteiger partial charge < -0.3 is 14.0 Å². The Bertz CT molecular complexity index is 1240. The van der Waals surface area contributed by atoms with Gasteiger partial charge in [-0.3, -0.25) is 14.6 Å². The van der Waals surface area contributed by atoms with Gasteiger partial charge in [-0.2, -0.15) is 4.98 Å². The van der Waals surface area contributed by atoms with Crippen LogP contribution in [-0.4, -0.2) is 44.6 Å². The molecule has 28 heavy (non-hydrogen) atoms. The maximum atomic E-state index is 12.6. The Morgan fingerprint density at radius 2 is 1.93 bits per heavy atom. The lowest BCUT2D eigenvalue weighted by Gasteiger charge is -2.08. The minimum Gasteiger partial charge on any atom is -0.343 e. The van der Waals surface area contributed by atoms with Gasteiger partial charge in [0.2, 0.25) is 5.82 Å². The Kier molecular flexibility index (Phi) is 4.23. The molecule has 140 valence electrons. The number of pyridine rings is 2. The molecule has 4 aromatic rings. The molecule has 8 heteroatoms. The van der Waals surface area contributed by atoms with E-state index in [2.05, 4.69) is 15.1 Å². The highest BCUT2D eigenvalue weighted by Gasteiger charge is 2.16. The third-order valence-electron chi connectivity index (χ3n) is 4.44. The number of fused-ring (bicyclic) bond motifs is 1. The van der Waals surface area contributed by atoms with Crippen LogP contribution >= 0.6 is 0 Å². The Morgan fingerprint density at radius 1 is 1.14 bits per heavy atom. The second-order valence-electron chi connectivity index (χ2n) is 6.54. The molecule has 0 aliphatic rings. The van der Waals surface area contributed by atoms with Gasteiger partial charge in [-0.05, 0) is 29.7 Å². The normalized spacial score (nSPS) is 11.0. The molecule has 0 spiro atoms. The zero-order chi connectivity index (χ0) is 19.8. The number of nitrogens with zero attached hydrogens (tertiary/aromatic N) is 5. The maximum Gasteiger partial charge on any atom is 0.274 e. The average Bonchev–Trinajstić information content (AvgIpc) is 3.20. The molecule has 0 N–H and O–H groups in total. The minimum absolute atomic E-state index is 0.138. The van der Waals surface area contributed by atoms with Crippen molar-refractivity contribution in [2.75, 3.05) is 14.1 Å². The highest BCUT2D eigenvalue weighted by molar-refractivity contribution is 5.92. The van der Waals surface area contributed by atoms with Crippen molar-refractivity contribution in [1.82, 2.24) is 24.6 Å². The highest BCUT2D eigenvalue weighted by atomic mass is 16.5. The summed E-state index contributed by atoms with van der Waals surface area (Å²) in [6.45, 7) is 0. The van der Waals surface area contributed by atoms with Gasteiger partial charge in [0.15, 0.2) is 0 Å². The summed E-state index contributed by atoms with van der Waals surface area (Å²) in [4.78, 5) is 34.5. The maximum absolute atomic E-state index is 12.6. The predicted octanol–water partition coefficient (Wildman–Crippen LogP) is 2.35. The van der Waals surface area contributed by atoms with Crippen LogP contribution in [0.25, 0.3) is 33.7 Å². The first-order valence-electron chi connectivity index (χ1n) is 8.56. The van der Waals surface area contributed by atoms with Crippen LogP contribution in [0.5, 0.6) is 0 Å². The van der Waals surface area contributed by atoms with Crippen molar-refractivity contribution in [2.24, 2.45) is 7.05 Å². The standard InChI is InChI=1S/C20H17N5O3/c1-24(2)20(27)15-9-8-13(11-21-15)17-22-18(28-23-17)16-10-12-6-4-5-7-14(12)19(26)25(16)3/h4-11H,1-3H3. The Morgan fingerprint density at radius 3 is 2.64 bits per heavy atom. The lowest BCUT2D eigenvalue weighted by Crippen LogP contribution is -2.22. The highest BCUT2D eigenvalue weighted by Crippen LogP contribution is 2.23. The van der Waals surface area contributed by atoms with Gasteiger partial charge in [-0.25, -0.2) is 0 Å². The van der Waals surface area contributed by atoms with Gasteiger partial charge in [0.05, 0.1) is 0 Å². The summed E-state index contributed by atoms with van der Waals surface area (Å²) >= 11 is 0. The molecule has 0 radical (unpaired) electrons. The molecule has 0 aliphatic carbocycles. The summed E-state index contributed by atoms with van der Waals surface area (Å²) in [5.41, 5.74) is 1.32. The number of carbonyl (C=O) groups is 1. The fourth-order valence-corrected chi connectivity index (χ4v) is 2.88. The summed E-state index contributed by atoms with van der Waals surface area (Å²) in [7, 11) is 4.99. The number of benzene rings is 1. The van der Waals surface area contributed by atoms with Crippen LogP contribution in [0.15, 0.2) is 58.0 Å². The lowest BCUT2D eigenvalue weighted by atomic mass is 10.1. The zero-order valence-electron chi connectivity index (χ0n) is 15.6. The van der Waals surface area contributed by atoms with Crippen LogP contribution < -0.4 is 5.56 Å². The van der Waals surface area contributed by atoms with E-state index in [1.807, 2.05) is 24.3 Å². The van der Waals surface area contributed by atoms with Crippen molar-refractivity contribution in [3.8, 4) is 23.0 Å². The average molecular weight is 375 g/mol. The predicted molar refractivity (Wildman–Crippen MR) is 104 cm³/mol. The van der Waals surface area contributed by atoms with E-state index in [1.54, 1.807) is 39.3 Å². The summed E-state index contributed by atoms with van der Waals surface area (Å²) in [5, 5.41) is 5.41. The molecule has 3 heterocycles. The van der Waals surface area contributed by atoms with E-state index in [9.17, 15) is 9.59 Å². The van der Waals surface area contributed by atoms with Crippen molar-refractivity contribution in [2.45, 2.75) is 0 Å². The van der Waals surface area contributed by atoms with E-state index in [4.69, 9.17) is 4.52 Å². The van der Waals surface area contributed by atoms with Gasteiger partial charge in [0, 0.05) is 38.3 Å². The summed E-state index contributed by atoms with van der Waals surface area (Å²) < 4.78 is 6.86. The number of amides is 1. The summed E-state index contributed by atoms with van der Waals surface area (Å²) in [6.07, 6.45) is 1.52. The van der Waals surface area contributed by atoms with Gasteiger partial charge >= 0.3 is 0 Å². The van der Waals surface area contributed by atoms with Crippen LogP contribution in [0.1, 0.15) is 10.5 Å². The van der Waals surface area contributed by atoms with E-state index >= 15 is 0 Å². The molecular formula is C20H17N5O3. The second-order valence-corrected chi connectivity index (χ2v) is 6.54. The van der Waals surface area contributed by atoms with Crippen molar-refractivity contribution in [3.05, 3.63) is 64.7 Å². The number of rotatable bonds is 3. The number of carbonyl (C=O) groups excluding carboxylic acids is 1. The molecule has 0 saturated heterocycles. The largest absolute Gasteiger partial charge is 0.343 e. The van der Waals surface area contributed by atoms with Crippen molar-refractivity contribution in [3.63, 3.8) is 0 Å². The molecule has 0 saturated carbocycles. The van der Waals surface area contributed by atoms with Crippen LogP contribution in [0.3, 0.4) is 0 Å². The third-order valence-corrected chi connectivity index (χ3v) is 4.44. The molecule has 0 aliphatic heterocycles. The van der Waals surface area contributed by atoms with Crippen molar-refractivity contribution >= 4 is 16.7 Å². The van der Waals surface area contributed by atoms with Crippen LogP contribution in [-0.2, 0) is 7.05 Å². The number of hydrogen-bond acceptors (Lipinski definition) is 6. The molecule has 1 amide bonds. The summed E-state index contributed by atoms with van der Waals surface area (Å²) in [5.74, 6) is 0.368. The molecule has 0 bridgehead atoms. The fourth-order valence-electron chi connectivity index (χ4n) is 2.88. The van der Waals surface area contributed by atoms with Gasteiger partial charge in [-0.1, -0.05) is 23.4 Å². The fraction of sp³-hybridized carbons (Fsp3) is 0.150. The van der Waals surface area contributed by atoms with Crippen LogP contribution in [0.4, 0.5) is 0 Å². The van der Waals surface area contributed by atoms with E-state index < -0.39 is 0 Å². The molecule has 0 unspecified atom stereocenters. The van der Waals surface area contributed by atoms with Gasteiger partial charge in [0.1, 0.15) is 11.4 Å². The van der Waals surface area contributed by atoms with E-state index in [0.29, 0.717) is 28.2 Å². The first-order valence-corrected chi connectivity index (χ1v) is 8.56. The Balaban J connectivity index is 1.72. The van der Waals surface area contributed by atoms with E-state index in [0.717, 1.165) is 5.39 Å². The van der Waals surface area contributed by atoms with Crippen LogP contribution in [0, 0.1) is 0 Å². The summed E-state index contributed by atoms with van der Waals surface area (Å²) in [6, 6.07) is 12.5. The number of hydrogen-bond donors (Lipinski definition) is 0. The zero-order valence-corrected chi connectivity index (χ0v) is 15.6. The molecule has 0 fully saturated rings. The minimum atomic E-state index is -0.188. The topological polar surface area (TPSA) is 94.1 Å². The molecule has 8 nitrogen and oxygen atoms in total. The first kappa shape index (κ1) is 17.6. The monoisotopic (exact) mass is 375 g/mol. The smallest absolute Gasteiger partial charge is 0.274 e. The Hall–Kier alpha value is -3.81. The van der Waals surface area contributed by atoms with E-state index in [-0.39, 0.29) is 17.4 Å². The second kappa shape index (κ2) is 6.73. The quantitative estimate of drug-likeness (QED) is 0.546. The number of aromatic nitrogens is 4. The van der Waals surface area contributed by atoms with E-state index in [1.165, 1.54) is 15.7 Å². The van der Waals surface area contributed by atoms with Gasteiger partial charge in [0.25, 0.3) is 17.4 Å². The van der Waals surface area contributed by atoms with Crippen molar-refractivity contribution in [1.29, 1.82) is 0 Å². The molecule has 1 aromatic carbocycles. The van der Waals surface area contributed by atoms with Crippen molar-refractivity contribution < 1.29 is 9.32 Å². The molecular weight excluding hydrogens is 358 g/mol. The SMILES string of the molecule is CN(C)C(=O)c1ccc(-c2noc(-c3cc4ccccc4c(=O)n3C)n2)cn1. The molecule has 0 atom stereocenters.